The Morgan fingerprint density at radius 2 is 2.05 bits per heavy atom. The van der Waals surface area contributed by atoms with E-state index < -0.39 is 5.92 Å². The second-order valence-corrected chi connectivity index (χ2v) is 10.9. The summed E-state index contributed by atoms with van der Waals surface area (Å²) in [6.45, 7) is 6.31. The number of hydrogen-bond donors (Lipinski definition) is 2. The number of fused-ring (bicyclic) bond motifs is 5. The zero-order valence-corrected chi connectivity index (χ0v) is 21.8. The van der Waals surface area contributed by atoms with Gasteiger partial charge in [-0.1, -0.05) is 13.8 Å². The van der Waals surface area contributed by atoms with Crippen LogP contribution in [-0.2, 0) is 33.9 Å². The summed E-state index contributed by atoms with van der Waals surface area (Å²) in [5, 5.41) is 4.04. The van der Waals surface area contributed by atoms with Crippen LogP contribution in [0.5, 0.6) is 0 Å². The van der Waals surface area contributed by atoms with Gasteiger partial charge < -0.3 is 20.4 Å². The van der Waals surface area contributed by atoms with Crippen molar-refractivity contribution in [2.45, 2.75) is 71.6 Å². The van der Waals surface area contributed by atoms with Crippen LogP contribution >= 0.6 is 0 Å². The number of hydrogen-bond acceptors (Lipinski definition) is 6. The topological polar surface area (TPSA) is 116 Å². The maximum absolute atomic E-state index is 15.0. The third-order valence-electron chi connectivity index (χ3n) is 8.33. The lowest BCUT2D eigenvalue weighted by Crippen LogP contribution is -2.34. The van der Waals surface area contributed by atoms with Crippen molar-refractivity contribution in [1.82, 2.24) is 14.9 Å². The number of nitrogens with two attached hydrogens (primary N) is 1. The summed E-state index contributed by atoms with van der Waals surface area (Å²) in [5.74, 6) is -1.33. The van der Waals surface area contributed by atoms with E-state index in [9.17, 15) is 18.8 Å². The predicted octanol–water partition coefficient (Wildman–Crippen LogP) is 3.51. The van der Waals surface area contributed by atoms with Crippen LogP contribution in [0.15, 0.2) is 16.9 Å². The maximum atomic E-state index is 15.0. The number of aryl methyl sites for hydroxylation is 1. The van der Waals surface area contributed by atoms with E-state index in [-0.39, 0.29) is 41.8 Å². The van der Waals surface area contributed by atoms with Gasteiger partial charge in [-0.25, -0.2) is 9.37 Å². The Bertz CT molecular complexity index is 1590. The number of nitrogens with one attached hydrogen (secondary N) is 1. The number of pyridine rings is 2. The molecule has 6 rings (SSSR count). The quantitative estimate of drug-likeness (QED) is 0.391. The molecule has 0 fully saturated rings. The van der Waals surface area contributed by atoms with E-state index in [1.807, 2.05) is 19.9 Å². The average molecular weight is 519 g/mol. The van der Waals surface area contributed by atoms with Crippen LogP contribution in [0, 0.1) is 18.7 Å². The second kappa shape index (κ2) is 9.01. The summed E-state index contributed by atoms with van der Waals surface area (Å²) < 4.78 is 22.0. The fourth-order valence-corrected chi connectivity index (χ4v) is 6.45. The van der Waals surface area contributed by atoms with Gasteiger partial charge in [0.2, 0.25) is 5.91 Å². The number of carbonyl (C=O) groups excluding carboxylic acids is 2. The molecule has 0 saturated carbocycles. The maximum Gasteiger partial charge on any atom is 0.314 e. The minimum absolute atomic E-state index is 0.0521. The first-order valence-electron chi connectivity index (χ1n) is 13.3. The summed E-state index contributed by atoms with van der Waals surface area (Å²) in [5.41, 5.74) is 11.6. The summed E-state index contributed by atoms with van der Waals surface area (Å²) >= 11 is 0. The number of ether oxygens (including phenoxy) is 1. The number of halogens is 1. The van der Waals surface area contributed by atoms with Crippen LogP contribution < -0.4 is 16.6 Å². The molecule has 1 unspecified atom stereocenters. The second-order valence-electron chi connectivity index (χ2n) is 10.9. The van der Waals surface area contributed by atoms with Gasteiger partial charge in [0.25, 0.3) is 5.56 Å². The lowest BCUT2D eigenvalue weighted by Gasteiger charge is -2.29. The first-order valence-corrected chi connectivity index (χ1v) is 13.3. The van der Waals surface area contributed by atoms with Crippen molar-refractivity contribution < 1.29 is 18.7 Å². The fraction of sp³-hybridized carbons (Fsp3) is 0.448. The van der Waals surface area contributed by atoms with Crippen molar-refractivity contribution in [2.24, 2.45) is 11.7 Å². The zero-order valence-electron chi connectivity index (χ0n) is 21.8. The van der Waals surface area contributed by atoms with Crippen molar-refractivity contribution in [3.05, 3.63) is 61.7 Å². The Labute approximate surface area is 219 Å². The van der Waals surface area contributed by atoms with Crippen LogP contribution in [0.2, 0.25) is 0 Å². The van der Waals surface area contributed by atoms with Gasteiger partial charge >= 0.3 is 5.97 Å². The van der Waals surface area contributed by atoms with Crippen molar-refractivity contribution >= 4 is 22.8 Å². The third kappa shape index (κ3) is 3.59. The Morgan fingerprint density at radius 3 is 2.79 bits per heavy atom. The predicted molar refractivity (Wildman–Crippen MR) is 140 cm³/mol. The Hall–Kier alpha value is -3.59. The number of esters is 1. The van der Waals surface area contributed by atoms with E-state index in [0.29, 0.717) is 72.4 Å². The summed E-state index contributed by atoms with van der Waals surface area (Å²) in [6.07, 6.45) is 2.16. The smallest absolute Gasteiger partial charge is 0.314 e. The van der Waals surface area contributed by atoms with Crippen molar-refractivity contribution in [1.29, 1.82) is 0 Å². The molecular weight excluding hydrogens is 487 g/mol. The Morgan fingerprint density at radius 1 is 1.26 bits per heavy atom. The molecule has 4 heterocycles. The number of aromatic nitrogens is 2. The molecule has 38 heavy (non-hydrogen) atoms. The first-order chi connectivity index (χ1) is 18.2. The minimum Gasteiger partial charge on any atom is -0.460 e. The van der Waals surface area contributed by atoms with Crippen LogP contribution in [0.25, 0.3) is 22.3 Å². The number of amides is 1. The van der Waals surface area contributed by atoms with Crippen molar-refractivity contribution in [3.63, 3.8) is 0 Å². The Kier molecular flexibility index (Phi) is 5.86. The average Bonchev–Trinajstić information content (AvgIpc) is 3.24. The molecule has 2 atom stereocenters. The monoisotopic (exact) mass is 518 g/mol. The molecule has 0 spiro atoms. The van der Waals surface area contributed by atoms with Gasteiger partial charge in [-0.15, -0.1) is 0 Å². The van der Waals surface area contributed by atoms with Gasteiger partial charge in [0.15, 0.2) is 0 Å². The number of carbonyl (C=O) groups is 2. The highest BCUT2D eigenvalue weighted by Gasteiger charge is 2.39. The molecule has 2 aliphatic heterocycles. The van der Waals surface area contributed by atoms with Gasteiger partial charge in [-0.3, -0.25) is 14.4 Å². The third-order valence-corrected chi connectivity index (χ3v) is 8.33. The van der Waals surface area contributed by atoms with E-state index in [2.05, 4.69) is 5.32 Å². The van der Waals surface area contributed by atoms with Crippen LogP contribution in [0.1, 0.15) is 78.5 Å². The molecule has 3 aliphatic rings. The molecule has 9 heteroatoms. The molecule has 0 bridgehead atoms. The van der Waals surface area contributed by atoms with Gasteiger partial charge in [-0.2, -0.15) is 0 Å². The lowest BCUT2D eigenvalue weighted by atomic mass is 9.81. The normalized spacial score (nSPS) is 19.3. The summed E-state index contributed by atoms with van der Waals surface area (Å²) in [6, 6.07) is 3.05. The highest BCUT2D eigenvalue weighted by molar-refractivity contribution is 5.93. The number of cyclic esters (lactones) is 1. The zero-order chi connectivity index (χ0) is 26.9. The van der Waals surface area contributed by atoms with Crippen LogP contribution in [0.4, 0.5) is 4.39 Å². The molecule has 1 amide bonds. The molecule has 2 aromatic heterocycles. The van der Waals surface area contributed by atoms with E-state index in [1.165, 1.54) is 6.07 Å². The molecule has 3 N–H and O–H groups in total. The van der Waals surface area contributed by atoms with Crippen molar-refractivity contribution in [2.75, 3.05) is 6.54 Å². The van der Waals surface area contributed by atoms with Crippen LogP contribution in [-0.4, -0.2) is 28.0 Å². The van der Waals surface area contributed by atoms with Crippen molar-refractivity contribution in [3.8, 4) is 11.4 Å². The highest BCUT2D eigenvalue weighted by atomic mass is 19.1. The molecular formula is C29H31FN4O4. The molecule has 0 radical (unpaired) electrons. The lowest BCUT2D eigenvalue weighted by molar-refractivity contribution is -0.149. The fourth-order valence-electron chi connectivity index (χ4n) is 6.45. The SMILES string of the molecule is Cc1c(F)cc2nc3c(c4c2c1CCC4NC(=O)CCCN)Cn1c-3cc2c(c1=O)COC(=O)[C@@H]2C(C)C. The van der Waals surface area contributed by atoms with Crippen LogP contribution in [0.3, 0.4) is 0 Å². The van der Waals surface area contributed by atoms with Gasteiger partial charge in [0.1, 0.15) is 12.4 Å². The van der Waals surface area contributed by atoms with Gasteiger partial charge in [-0.05, 0) is 67.0 Å². The van der Waals surface area contributed by atoms with E-state index in [4.69, 9.17) is 15.5 Å². The molecule has 8 nitrogen and oxygen atoms in total. The Balaban J connectivity index is 1.59. The largest absolute Gasteiger partial charge is 0.460 e. The number of rotatable bonds is 5. The molecule has 0 saturated heterocycles. The van der Waals surface area contributed by atoms with E-state index in [1.54, 1.807) is 11.5 Å². The van der Waals surface area contributed by atoms with Gasteiger partial charge in [0.05, 0.1) is 41.0 Å². The van der Waals surface area contributed by atoms with Gasteiger partial charge in [0, 0.05) is 23.4 Å². The first kappa shape index (κ1) is 24.7. The molecule has 1 aromatic carbocycles. The summed E-state index contributed by atoms with van der Waals surface area (Å²) in [4.78, 5) is 44.0. The molecule has 3 aromatic rings. The number of benzene rings is 1. The standard InChI is InChI=1S/C29H31FN4O4/c1-13(2)24-16-9-22-27-17(11-34(22)28(36)18(16)12-38-29(24)37)26-20(32-23(35)5-4-8-31)7-6-15-14(3)19(30)10-21(33-27)25(15)26/h9-10,13,20,24H,4-8,11-12,31H2,1-3H3,(H,32,35)/t20?,24-/m1/s1. The molecule has 198 valence electrons. The van der Waals surface area contributed by atoms with E-state index >= 15 is 0 Å². The highest BCUT2D eigenvalue weighted by Crippen LogP contribution is 2.45. The number of nitrogens with zero attached hydrogens (tertiary/aromatic N) is 2. The molecule has 1 aliphatic carbocycles. The van der Waals surface area contributed by atoms with E-state index in [0.717, 1.165) is 22.1 Å². The minimum atomic E-state index is -0.540. The summed E-state index contributed by atoms with van der Waals surface area (Å²) in [7, 11) is 0.